The van der Waals surface area contributed by atoms with E-state index in [0.717, 1.165) is 18.4 Å². The molecular weight excluding hydrogens is 418 g/mol. The minimum absolute atomic E-state index is 0.0406. The minimum atomic E-state index is -3.41. The SMILES string of the molecule is O=C(CCc1ccc(S(=O)(=O)N2CCCC2)cc1)N1CCN(C(=O)c2ccco2)CC1. The predicted octanol–water partition coefficient (Wildman–Crippen LogP) is 1.98. The Hall–Kier alpha value is -2.65. The van der Waals surface area contributed by atoms with Gasteiger partial charge in [0, 0.05) is 45.7 Å². The third-order valence-electron chi connectivity index (χ3n) is 5.91. The Kier molecular flexibility index (Phi) is 6.43. The Morgan fingerprint density at radius 1 is 0.871 bits per heavy atom. The standard InChI is InChI=1S/C22H27N3O5S/c26-21(23-13-15-24(16-14-23)22(27)20-4-3-17-30-20)10-7-18-5-8-19(9-6-18)31(28,29)25-11-1-2-12-25/h3-6,8-9,17H,1-2,7,10-16H2. The second-order valence-electron chi connectivity index (χ2n) is 7.91. The molecule has 0 saturated carbocycles. The van der Waals surface area contributed by atoms with Crippen LogP contribution in [-0.2, 0) is 21.2 Å². The van der Waals surface area contributed by atoms with Gasteiger partial charge in [-0.25, -0.2) is 8.42 Å². The van der Waals surface area contributed by atoms with E-state index in [2.05, 4.69) is 0 Å². The molecule has 2 fully saturated rings. The van der Waals surface area contributed by atoms with Crippen molar-refractivity contribution in [3.8, 4) is 0 Å². The van der Waals surface area contributed by atoms with Gasteiger partial charge in [-0.05, 0) is 49.1 Å². The van der Waals surface area contributed by atoms with E-state index >= 15 is 0 Å². The van der Waals surface area contributed by atoms with Gasteiger partial charge in [0.1, 0.15) is 0 Å². The highest BCUT2D eigenvalue weighted by Crippen LogP contribution is 2.21. The molecule has 2 aromatic rings. The van der Waals surface area contributed by atoms with Crippen LogP contribution >= 0.6 is 0 Å². The number of piperazine rings is 1. The molecule has 166 valence electrons. The molecule has 1 aromatic heterocycles. The second-order valence-corrected chi connectivity index (χ2v) is 9.84. The maximum absolute atomic E-state index is 12.6. The summed E-state index contributed by atoms with van der Waals surface area (Å²) < 4.78 is 31.9. The first-order chi connectivity index (χ1) is 14.9. The zero-order valence-corrected chi connectivity index (χ0v) is 18.2. The van der Waals surface area contributed by atoms with Gasteiger partial charge in [0.15, 0.2) is 5.76 Å². The van der Waals surface area contributed by atoms with E-state index in [9.17, 15) is 18.0 Å². The summed E-state index contributed by atoms with van der Waals surface area (Å²) in [4.78, 5) is 28.7. The molecule has 8 nitrogen and oxygen atoms in total. The van der Waals surface area contributed by atoms with Gasteiger partial charge in [-0.2, -0.15) is 4.31 Å². The van der Waals surface area contributed by atoms with Gasteiger partial charge in [-0.3, -0.25) is 9.59 Å². The van der Waals surface area contributed by atoms with Gasteiger partial charge in [0.25, 0.3) is 5.91 Å². The predicted molar refractivity (Wildman–Crippen MR) is 114 cm³/mol. The Morgan fingerprint density at radius 3 is 2.13 bits per heavy atom. The van der Waals surface area contributed by atoms with Gasteiger partial charge >= 0.3 is 0 Å². The molecular formula is C22H27N3O5S. The molecule has 9 heteroatoms. The first kappa shape index (κ1) is 21.6. The lowest BCUT2D eigenvalue weighted by atomic mass is 10.1. The second kappa shape index (κ2) is 9.23. The summed E-state index contributed by atoms with van der Waals surface area (Å²) in [6.07, 6.45) is 4.19. The smallest absolute Gasteiger partial charge is 0.289 e. The molecule has 0 spiro atoms. The Labute approximate surface area is 182 Å². The van der Waals surface area contributed by atoms with Crippen LogP contribution in [0.4, 0.5) is 0 Å². The number of carbonyl (C=O) groups is 2. The van der Waals surface area contributed by atoms with Crippen LogP contribution < -0.4 is 0 Å². The Morgan fingerprint density at radius 2 is 1.52 bits per heavy atom. The summed E-state index contributed by atoms with van der Waals surface area (Å²) in [5, 5.41) is 0. The molecule has 0 unspecified atom stereocenters. The molecule has 31 heavy (non-hydrogen) atoms. The van der Waals surface area contributed by atoms with Crippen LogP contribution in [0.15, 0.2) is 52.0 Å². The number of hydrogen-bond acceptors (Lipinski definition) is 5. The molecule has 0 atom stereocenters. The van der Waals surface area contributed by atoms with Gasteiger partial charge in [0.2, 0.25) is 15.9 Å². The van der Waals surface area contributed by atoms with Crippen molar-refractivity contribution in [1.29, 1.82) is 0 Å². The van der Waals surface area contributed by atoms with E-state index in [1.54, 1.807) is 46.2 Å². The number of benzene rings is 1. The van der Waals surface area contributed by atoms with E-state index in [1.807, 2.05) is 0 Å². The van der Waals surface area contributed by atoms with Gasteiger partial charge in [-0.1, -0.05) is 12.1 Å². The average Bonchev–Trinajstić information content (AvgIpc) is 3.52. The molecule has 2 aliphatic heterocycles. The highest BCUT2D eigenvalue weighted by molar-refractivity contribution is 7.89. The van der Waals surface area contributed by atoms with Crippen molar-refractivity contribution in [1.82, 2.24) is 14.1 Å². The van der Waals surface area contributed by atoms with Crippen molar-refractivity contribution in [3.05, 3.63) is 54.0 Å². The highest BCUT2D eigenvalue weighted by Gasteiger charge is 2.27. The minimum Gasteiger partial charge on any atom is -0.459 e. The first-order valence-electron chi connectivity index (χ1n) is 10.6. The van der Waals surface area contributed by atoms with E-state index in [-0.39, 0.29) is 11.8 Å². The van der Waals surface area contributed by atoms with Crippen LogP contribution in [0.1, 0.15) is 35.4 Å². The number of amides is 2. The molecule has 4 rings (SSSR count). The third kappa shape index (κ3) is 4.83. The van der Waals surface area contributed by atoms with Crippen molar-refractivity contribution in [2.24, 2.45) is 0 Å². The molecule has 2 saturated heterocycles. The van der Waals surface area contributed by atoms with Crippen LogP contribution in [0, 0.1) is 0 Å². The summed E-state index contributed by atoms with van der Waals surface area (Å²) in [5.74, 6) is 0.204. The summed E-state index contributed by atoms with van der Waals surface area (Å²) >= 11 is 0. The van der Waals surface area contributed by atoms with Crippen molar-refractivity contribution in [2.45, 2.75) is 30.6 Å². The molecule has 2 aliphatic rings. The molecule has 0 N–H and O–H groups in total. The molecule has 1 aromatic carbocycles. The number of furan rings is 1. The molecule has 0 bridgehead atoms. The fraction of sp³-hybridized carbons (Fsp3) is 0.455. The van der Waals surface area contributed by atoms with Gasteiger partial charge < -0.3 is 14.2 Å². The third-order valence-corrected chi connectivity index (χ3v) is 7.82. The number of rotatable bonds is 6. The van der Waals surface area contributed by atoms with Crippen LogP contribution in [0.2, 0.25) is 0 Å². The van der Waals surface area contributed by atoms with Crippen LogP contribution in [0.3, 0.4) is 0 Å². The Balaban J connectivity index is 1.26. The highest BCUT2D eigenvalue weighted by atomic mass is 32.2. The van der Waals surface area contributed by atoms with Crippen molar-refractivity contribution in [2.75, 3.05) is 39.3 Å². The lowest BCUT2D eigenvalue weighted by Crippen LogP contribution is -2.50. The summed E-state index contributed by atoms with van der Waals surface area (Å²) in [6.45, 7) is 3.12. The molecule has 0 radical (unpaired) electrons. The zero-order chi connectivity index (χ0) is 21.8. The maximum atomic E-state index is 12.6. The van der Waals surface area contributed by atoms with E-state index in [0.29, 0.717) is 62.8 Å². The van der Waals surface area contributed by atoms with E-state index in [4.69, 9.17) is 4.42 Å². The number of nitrogens with zero attached hydrogens (tertiary/aromatic N) is 3. The monoisotopic (exact) mass is 445 g/mol. The van der Waals surface area contributed by atoms with Crippen LogP contribution in [0.5, 0.6) is 0 Å². The quantitative estimate of drug-likeness (QED) is 0.678. The fourth-order valence-electron chi connectivity index (χ4n) is 4.03. The lowest BCUT2D eigenvalue weighted by Gasteiger charge is -2.34. The Bertz CT molecular complexity index is 1000. The summed E-state index contributed by atoms with van der Waals surface area (Å²) in [5.41, 5.74) is 0.931. The van der Waals surface area contributed by atoms with Crippen molar-refractivity contribution < 1.29 is 22.4 Å². The normalized spacial score (nSPS) is 17.8. The van der Waals surface area contributed by atoms with Crippen LogP contribution in [0.25, 0.3) is 0 Å². The summed E-state index contributed by atoms with van der Waals surface area (Å²) in [7, 11) is -3.41. The van der Waals surface area contributed by atoms with Crippen LogP contribution in [-0.4, -0.2) is 73.6 Å². The zero-order valence-electron chi connectivity index (χ0n) is 17.4. The number of hydrogen-bond donors (Lipinski definition) is 0. The van der Waals surface area contributed by atoms with Gasteiger partial charge in [-0.15, -0.1) is 0 Å². The largest absolute Gasteiger partial charge is 0.459 e. The number of carbonyl (C=O) groups excluding carboxylic acids is 2. The lowest BCUT2D eigenvalue weighted by molar-refractivity contribution is -0.132. The summed E-state index contributed by atoms with van der Waals surface area (Å²) in [6, 6.07) is 10.2. The van der Waals surface area contributed by atoms with E-state index in [1.165, 1.54) is 10.6 Å². The number of aryl methyl sites for hydroxylation is 1. The first-order valence-corrected chi connectivity index (χ1v) is 12.1. The molecule has 0 aliphatic carbocycles. The fourth-order valence-corrected chi connectivity index (χ4v) is 5.55. The van der Waals surface area contributed by atoms with Gasteiger partial charge in [0.05, 0.1) is 11.2 Å². The maximum Gasteiger partial charge on any atom is 0.289 e. The molecule has 3 heterocycles. The molecule has 2 amide bonds. The average molecular weight is 446 g/mol. The topological polar surface area (TPSA) is 91.1 Å². The number of sulfonamides is 1. The van der Waals surface area contributed by atoms with Crippen molar-refractivity contribution in [3.63, 3.8) is 0 Å². The van der Waals surface area contributed by atoms with E-state index < -0.39 is 10.0 Å². The van der Waals surface area contributed by atoms with Crippen molar-refractivity contribution >= 4 is 21.8 Å².